The molecule has 4 aromatic rings. The maximum atomic E-state index is 12.3. The maximum absolute atomic E-state index is 12.3. The Morgan fingerprint density at radius 3 is 2.75 bits per heavy atom. The topological polar surface area (TPSA) is 84.9 Å². The number of aryl methyl sites for hydroxylation is 1. The number of hydrogen-bond donors (Lipinski definition) is 1. The zero-order valence-corrected chi connectivity index (χ0v) is 15.8. The van der Waals surface area contributed by atoms with Gasteiger partial charge in [0.05, 0.1) is 23.0 Å². The molecule has 0 atom stereocenters. The van der Waals surface area contributed by atoms with Crippen LogP contribution in [0.2, 0.25) is 5.15 Å². The molecule has 0 amide bonds. The highest BCUT2D eigenvalue weighted by Gasteiger charge is 2.13. The van der Waals surface area contributed by atoms with Crippen LogP contribution < -0.4 is 5.56 Å². The number of carbonyl (C=O) groups is 1. The first-order chi connectivity index (χ1) is 13.5. The molecule has 4 rings (SSSR count). The molecule has 0 fully saturated rings. The van der Waals surface area contributed by atoms with Gasteiger partial charge in [-0.25, -0.2) is 10.1 Å². The van der Waals surface area contributed by atoms with Crippen LogP contribution in [0.15, 0.2) is 53.3 Å². The standard InChI is InChI=1S/C21H16ClN3O3/c1-12-6-7-13-9-14(20(22)23-17(13)8-12)11-28-19(26)10-18-15-4-2-3-5-16(15)21(27)25-24-18/h2-9H,10-11H2,1H3,(H,25,27). The molecule has 2 heterocycles. The van der Waals surface area contributed by atoms with Gasteiger partial charge in [-0.1, -0.05) is 41.9 Å². The summed E-state index contributed by atoms with van der Waals surface area (Å²) < 4.78 is 5.37. The van der Waals surface area contributed by atoms with E-state index in [9.17, 15) is 9.59 Å². The Labute approximate surface area is 165 Å². The molecule has 6 nitrogen and oxygen atoms in total. The van der Waals surface area contributed by atoms with Crippen LogP contribution in [0.25, 0.3) is 21.7 Å². The molecule has 7 heteroatoms. The van der Waals surface area contributed by atoms with Crippen LogP contribution in [0, 0.1) is 6.92 Å². The molecule has 2 aromatic carbocycles. The molecule has 0 saturated carbocycles. The third-order valence-corrected chi connectivity index (χ3v) is 4.80. The van der Waals surface area contributed by atoms with Crippen molar-refractivity contribution < 1.29 is 9.53 Å². The minimum atomic E-state index is -0.468. The summed E-state index contributed by atoms with van der Waals surface area (Å²) in [4.78, 5) is 28.5. The average molecular weight is 394 g/mol. The number of aromatic amines is 1. The SMILES string of the molecule is Cc1ccc2cc(COC(=O)Cc3n[nH]c(=O)c4ccccc34)c(Cl)nc2c1. The number of nitrogens with one attached hydrogen (secondary N) is 1. The van der Waals surface area contributed by atoms with Gasteiger partial charge in [-0.2, -0.15) is 5.10 Å². The van der Waals surface area contributed by atoms with Crippen molar-refractivity contribution in [2.45, 2.75) is 20.0 Å². The van der Waals surface area contributed by atoms with Gasteiger partial charge in [0.1, 0.15) is 11.8 Å². The van der Waals surface area contributed by atoms with Crippen LogP contribution in [-0.2, 0) is 22.6 Å². The van der Waals surface area contributed by atoms with Crippen molar-refractivity contribution >= 4 is 39.2 Å². The molecule has 28 heavy (non-hydrogen) atoms. The van der Waals surface area contributed by atoms with Crippen LogP contribution in [0.4, 0.5) is 0 Å². The van der Waals surface area contributed by atoms with Crippen LogP contribution in [0.5, 0.6) is 0 Å². The lowest BCUT2D eigenvalue weighted by Crippen LogP contribution is -2.15. The zero-order valence-electron chi connectivity index (χ0n) is 15.0. The number of benzene rings is 2. The summed E-state index contributed by atoms with van der Waals surface area (Å²) in [6.07, 6.45) is -0.0604. The average Bonchev–Trinajstić information content (AvgIpc) is 2.69. The Morgan fingerprint density at radius 1 is 1.14 bits per heavy atom. The van der Waals surface area contributed by atoms with E-state index in [1.54, 1.807) is 24.3 Å². The fourth-order valence-corrected chi connectivity index (χ4v) is 3.25. The second kappa shape index (κ2) is 7.40. The van der Waals surface area contributed by atoms with Gasteiger partial charge in [-0.05, 0) is 30.7 Å². The van der Waals surface area contributed by atoms with Crippen molar-refractivity contribution in [1.29, 1.82) is 0 Å². The largest absolute Gasteiger partial charge is 0.460 e. The first kappa shape index (κ1) is 18.1. The van der Waals surface area contributed by atoms with E-state index < -0.39 is 5.97 Å². The summed E-state index contributed by atoms with van der Waals surface area (Å²) in [5, 5.41) is 8.74. The highest BCUT2D eigenvalue weighted by molar-refractivity contribution is 6.30. The highest BCUT2D eigenvalue weighted by Crippen LogP contribution is 2.22. The Morgan fingerprint density at radius 2 is 1.93 bits per heavy atom. The summed E-state index contributed by atoms with van der Waals surface area (Å²) in [6.45, 7) is 2.00. The third kappa shape index (κ3) is 3.59. The smallest absolute Gasteiger partial charge is 0.312 e. The molecular formula is C21H16ClN3O3. The van der Waals surface area contributed by atoms with E-state index in [2.05, 4.69) is 15.2 Å². The number of aromatic nitrogens is 3. The fraction of sp³-hybridized carbons (Fsp3) is 0.143. The van der Waals surface area contributed by atoms with Crippen LogP contribution in [0.3, 0.4) is 0 Å². The molecule has 0 radical (unpaired) electrons. The van der Waals surface area contributed by atoms with Crippen molar-refractivity contribution in [3.05, 3.63) is 80.9 Å². The quantitative estimate of drug-likeness (QED) is 0.422. The Bertz CT molecular complexity index is 1270. The number of fused-ring (bicyclic) bond motifs is 2. The second-order valence-electron chi connectivity index (χ2n) is 6.52. The Kier molecular flexibility index (Phi) is 4.79. The summed E-state index contributed by atoms with van der Waals surface area (Å²) >= 11 is 6.24. The molecule has 2 aromatic heterocycles. The number of esters is 1. The number of nitrogens with zero attached hydrogens (tertiary/aromatic N) is 2. The van der Waals surface area contributed by atoms with Crippen molar-refractivity contribution in [3.63, 3.8) is 0 Å². The van der Waals surface area contributed by atoms with Crippen molar-refractivity contribution in [2.75, 3.05) is 0 Å². The van der Waals surface area contributed by atoms with Gasteiger partial charge in [0.25, 0.3) is 5.56 Å². The minimum absolute atomic E-state index is 0.00969. The van der Waals surface area contributed by atoms with E-state index in [1.807, 2.05) is 31.2 Å². The van der Waals surface area contributed by atoms with Gasteiger partial charge in [-0.3, -0.25) is 9.59 Å². The molecule has 0 unspecified atom stereocenters. The highest BCUT2D eigenvalue weighted by atomic mass is 35.5. The maximum Gasteiger partial charge on any atom is 0.312 e. The van der Waals surface area contributed by atoms with Crippen LogP contribution in [0.1, 0.15) is 16.8 Å². The number of rotatable bonds is 4. The van der Waals surface area contributed by atoms with E-state index in [4.69, 9.17) is 16.3 Å². The molecule has 0 spiro atoms. The lowest BCUT2D eigenvalue weighted by Gasteiger charge is -2.09. The monoisotopic (exact) mass is 393 g/mol. The van der Waals surface area contributed by atoms with Gasteiger partial charge >= 0.3 is 5.97 Å². The van der Waals surface area contributed by atoms with Gasteiger partial charge in [0.2, 0.25) is 0 Å². The summed E-state index contributed by atoms with van der Waals surface area (Å²) in [5.74, 6) is -0.468. The normalized spacial score (nSPS) is 11.1. The Hall–Kier alpha value is -3.25. The lowest BCUT2D eigenvalue weighted by atomic mass is 10.1. The third-order valence-electron chi connectivity index (χ3n) is 4.47. The summed E-state index contributed by atoms with van der Waals surface area (Å²) in [6, 6.07) is 14.8. The number of ether oxygens (including phenoxy) is 1. The predicted octanol–water partition coefficient (Wildman–Crippen LogP) is 3.72. The summed E-state index contributed by atoms with van der Waals surface area (Å²) in [5.41, 5.74) is 2.68. The molecule has 140 valence electrons. The summed E-state index contributed by atoms with van der Waals surface area (Å²) in [7, 11) is 0. The first-order valence-corrected chi connectivity index (χ1v) is 9.07. The Balaban J connectivity index is 1.52. The molecule has 1 N–H and O–H groups in total. The van der Waals surface area contributed by atoms with Gasteiger partial charge in [0, 0.05) is 16.3 Å². The number of halogens is 1. The van der Waals surface area contributed by atoms with E-state index in [1.165, 1.54) is 0 Å². The van der Waals surface area contributed by atoms with Crippen LogP contribution in [-0.4, -0.2) is 21.2 Å². The molecule has 0 bridgehead atoms. The van der Waals surface area contributed by atoms with Crippen molar-refractivity contribution in [1.82, 2.24) is 15.2 Å². The molecule has 0 aliphatic heterocycles. The van der Waals surface area contributed by atoms with E-state index in [0.717, 1.165) is 16.5 Å². The van der Waals surface area contributed by atoms with Crippen molar-refractivity contribution in [2.24, 2.45) is 0 Å². The van der Waals surface area contributed by atoms with Crippen LogP contribution >= 0.6 is 11.6 Å². The minimum Gasteiger partial charge on any atom is -0.460 e. The number of carbonyl (C=O) groups excluding carboxylic acids is 1. The molecule has 0 aliphatic rings. The number of pyridine rings is 1. The van der Waals surface area contributed by atoms with E-state index in [-0.39, 0.29) is 18.6 Å². The lowest BCUT2D eigenvalue weighted by molar-refractivity contribution is -0.144. The van der Waals surface area contributed by atoms with Crippen molar-refractivity contribution in [3.8, 4) is 0 Å². The van der Waals surface area contributed by atoms with E-state index in [0.29, 0.717) is 27.2 Å². The van der Waals surface area contributed by atoms with Gasteiger partial charge in [0.15, 0.2) is 0 Å². The zero-order chi connectivity index (χ0) is 19.7. The van der Waals surface area contributed by atoms with Gasteiger partial charge in [-0.15, -0.1) is 0 Å². The molecule has 0 saturated heterocycles. The molecular weight excluding hydrogens is 378 g/mol. The number of hydrogen-bond acceptors (Lipinski definition) is 5. The second-order valence-corrected chi connectivity index (χ2v) is 6.87. The molecule has 0 aliphatic carbocycles. The van der Waals surface area contributed by atoms with Gasteiger partial charge < -0.3 is 4.74 Å². The predicted molar refractivity (Wildman–Crippen MR) is 107 cm³/mol. The fourth-order valence-electron chi connectivity index (χ4n) is 3.05. The van der Waals surface area contributed by atoms with E-state index >= 15 is 0 Å². The first-order valence-electron chi connectivity index (χ1n) is 8.69. The number of H-pyrrole nitrogens is 1.